The molecule has 21 heavy (non-hydrogen) atoms. The van der Waals surface area contributed by atoms with E-state index in [1.165, 1.54) is 0 Å². The van der Waals surface area contributed by atoms with E-state index in [1.54, 1.807) is 35.6 Å². The maximum absolute atomic E-state index is 11.8. The Morgan fingerprint density at radius 1 is 1.29 bits per heavy atom. The predicted octanol–water partition coefficient (Wildman–Crippen LogP) is 1.85. The van der Waals surface area contributed by atoms with Crippen LogP contribution in [0.2, 0.25) is 0 Å². The van der Waals surface area contributed by atoms with Crippen molar-refractivity contribution in [2.75, 3.05) is 0 Å². The average molecular weight is 282 g/mol. The van der Waals surface area contributed by atoms with Crippen molar-refractivity contribution in [1.29, 1.82) is 0 Å². The summed E-state index contributed by atoms with van der Waals surface area (Å²) in [5.74, 6) is 0.620. The lowest BCUT2D eigenvalue weighted by molar-refractivity contribution is -0.122. The Balaban J connectivity index is 1.60. The van der Waals surface area contributed by atoms with E-state index in [9.17, 15) is 4.79 Å². The van der Waals surface area contributed by atoms with E-state index >= 15 is 0 Å². The highest BCUT2D eigenvalue weighted by Gasteiger charge is 2.05. The molecule has 0 spiro atoms. The van der Waals surface area contributed by atoms with Crippen molar-refractivity contribution in [3.05, 3.63) is 60.7 Å². The smallest absolute Gasteiger partial charge is 0.241 e. The first kappa shape index (κ1) is 13.1. The zero-order chi connectivity index (χ0) is 14.5. The van der Waals surface area contributed by atoms with Crippen LogP contribution in [-0.4, -0.2) is 20.7 Å². The number of pyridine rings is 1. The molecule has 0 unspecified atom stereocenters. The van der Waals surface area contributed by atoms with Gasteiger partial charge in [-0.3, -0.25) is 14.5 Å². The van der Waals surface area contributed by atoms with E-state index in [1.807, 2.05) is 24.3 Å². The van der Waals surface area contributed by atoms with Crippen LogP contribution >= 0.6 is 0 Å². The molecule has 0 bridgehead atoms. The van der Waals surface area contributed by atoms with Crippen molar-refractivity contribution in [2.24, 2.45) is 0 Å². The molecule has 0 aliphatic rings. The van der Waals surface area contributed by atoms with Crippen LogP contribution in [0, 0.1) is 0 Å². The third-order valence-electron chi connectivity index (χ3n) is 2.95. The van der Waals surface area contributed by atoms with E-state index in [0.29, 0.717) is 12.3 Å². The molecule has 3 heterocycles. The van der Waals surface area contributed by atoms with Gasteiger partial charge >= 0.3 is 0 Å². The lowest BCUT2D eigenvalue weighted by Gasteiger charge is -2.06. The summed E-state index contributed by atoms with van der Waals surface area (Å²) in [6.07, 6.45) is 6.70. The zero-order valence-electron chi connectivity index (χ0n) is 11.3. The number of carbonyl (C=O) groups excluding carboxylic acids is 1. The molecule has 6 nitrogen and oxygen atoms in total. The van der Waals surface area contributed by atoms with Gasteiger partial charge in [0.1, 0.15) is 12.2 Å². The second-order valence-corrected chi connectivity index (χ2v) is 4.51. The first-order valence-electron chi connectivity index (χ1n) is 6.54. The van der Waals surface area contributed by atoms with Crippen molar-refractivity contribution in [3.8, 4) is 11.5 Å². The van der Waals surface area contributed by atoms with Gasteiger partial charge in [-0.05, 0) is 35.9 Å². The maximum Gasteiger partial charge on any atom is 0.241 e. The SMILES string of the molecule is O=C(Cn1cccn1)NCc1ccnc(-c2ccco2)c1. The summed E-state index contributed by atoms with van der Waals surface area (Å²) in [7, 11) is 0. The summed E-state index contributed by atoms with van der Waals surface area (Å²) in [4.78, 5) is 16.0. The minimum atomic E-state index is -0.0879. The first-order chi connectivity index (χ1) is 10.3. The lowest BCUT2D eigenvalue weighted by atomic mass is 10.2. The molecule has 0 aliphatic carbocycles. The molecule has 3 aromatic rings. The highest BCUT2D eigenvalue weighted by molar-refractivity contribution is 5.75. The number of amides is 1. The number of nitrogens with one attached hydrogen (secondary N) is 1. The summed E-state index contributed by atoms with van der Waals surface area (Å²) in [5, 5.41) is 6.84. The number of hydrogen-bond donors (Lipinski definition) is 1. The topological polar surface area (TPSA) is 73.0 Å². The number of nitrogens with zero attached hydrogens (tertiary/aromatic N) is 3. The van der Waals surface area contributed by atoms with Gasteiger partial charge in [0.15, 0.2) is 5.76 Å². The summed E-state index contributed by atoms with van der Waals surface area (Å²) in [6.45, 7) is 0.652. The third kappa shape index (κ3) is 3.36. The number of carbonyl (C=O) groups is 1. The van der Waals surface area contributed by atoms with Gasteiger partial charge in [-0.2, -0.15) is 5.10 Å². The molecule has 0 fully saturated rings. The molecule has 106 valence electrons. The fraction of sp³-hybridized carbons (Fsp3) is 0.133. The molecule has 0 saturated carbocycles. The van der Waals surface area contributed by atoms with Crippen molar-refractivity contribution < 1.29 is 9.21 Å². The zero-order valence-corrected chi connectivity index (χ0v) is 11.3. The molecule has 0 radical (unpaired) electrons. The largest absolute Gasteiger partial charge is 0.463 e. The van der Waals surface area contributed by atoms with Crippen LogP contribution in [0.15, 0.2) is 59.6 Å². The molecule has 1 amide bonds. The molecular weight excluding hydrogens is 268 g/mol. The van der Waals surface area contributed by atoms with Gasteiger partial charge in [0.2, 0.25) is 5.91 Å². The van der Waals surface area contributed by atoms with Crippen LogP contribution in [0.4, 0.5) is 0 Å². The van der Waals surface area contributed by atoms with Gasteiger partial charge in [-0.15, -0.1) is 0 Å². The third-order valence-corrected chi connectivity index (χ3v) is 2.95. The lowest BCUT2D eigenvalue weighted by Crippen LogP contribution is -2.27. The van der Waals surface area contributed by atoms with Crippen LogP contribution in [0.1, 0.15) is 5.56 Å². The minimum Gasteiger partial charge on any atom is -0.463 e. The Bertz CT molecular complexity index is 705. The highest BCUT2D eigenvalue weighted by atomic mass is 16.3. The van der Waals surface area contributed by atoms with Crippen LogP contribution in [0.5, 0.6) is 0 Å². The molecule has 6 heteroatoms. The predicted molar refractivity (Wildman–Crippen MR) is 76.0 cm³/mol. The standard InChI is InChI=1S/C15H14N4O2/c20-15(11-19-7-2-5-18-19)17-10-12-4-6-16-13(9-12)14-3-1-8-21-14/h1-9H,10-11H2,(H,17,20). The van der Waals surface area contributed by atoms with E-state index in [-0.39, 0.29) is 12.5 Å². The van der Waals surface area contributed by atoms with E-state index in [0.717, 1.165) is 11.3 Å². The maximum atomic E-state index is 11.8. The van der Waals surface area contributed by atoms with Crippen LogP contribution in [0.3, 0.4) is 0 Å². The molecule has 0 aromatic carbocycles. The quantitative estimate of drug-likeness (QED) is 0.775. The van der Waals surface area contributed by atoms with Gasteiger partial charge in [-0.25, -0.2) is 0 Å². The van der Waals surface area contributed by atoms with E-state index in [2.05, 4.69) is 15.4 Å². The summed E-state index contributed by atoms with van der Waals surface area (Å²) < 4.78 is 6.89. The summed E-state index contributed by atoms with van der Waals surface area (Å²) in [6, 6.07) is 9.21. The Morgan fingerprint density at radius 2 is 2.24 bits per heavy atom. The first-order valence-corrected chi connectivity index (χ1v) is 6.54. The van der Waals surface area contributed by atoms with Crippen molar-refractivity contribution in [2.45, 2.75) is 13.1 Å². The Morgan fingerprint density at radius 3 is 3.00 bits per heavy atom. The van der Waals surface area contributed by atoms with Gasteiger partial charge in [-0.1, -0.05) is 0 Å². The normalized spacial score (nSPS) is 10.5. The van der Waals surface area contributed by atoms with Gasteiger partial charge in [0.05, 0.1) is 6.26 Å². The summed E-state index contributed by atoms with van der Waals surface area (Å²) in [5.41, 5.74) is 1.71. The van der Waals surface area contributed by atoms with Gasteiger partial charge in [0, 0.05) is 25.1 Å². The molecule has 1 N–H and O–H groups in total. The number of furan rings is 1. The molecule has 3 aromatic heterocycles. The van der Waals surface area contributed by atoms with Crippen LogP contribution < -0.4 is 5.32 Å². The molecular formula is C15H14N4O2. The van der Waals surface area contributed by atoms with Crippen LogP contribution in [-0.2, 0) is 17.9 Å². The van der Waals surface area contributed by atoms with Gasteiger partial charge < -0.3 is 9.73 Å². The fourth-order valence-electron chi connectivity index (χ4n) is 1.94. The summed E-state index contributed by atoms with van der Waals surface area (Å²) >= 11 is 0. The van der Waals surface area contributed by atoms with Crippen molar-refractivity contribution >= 4 is 5.91 Å². The fourth-order valence-corrected chi connectivity index (χ4v) is 1.94. The average Bonchev–Trinajstić information content (AvgIpc) is 3.19. The Labute approximate surface area is 121 Å². The molecule has 0 atom stereocenters. The second-order valence-electron chi connectivity index (χ2n) is 4.51. The van der Waals surface area contributed by atoms with E-state index in [4.69, 9.17) is 4.42 Å². The molecule has 0 saturated heterocycles. The number of hydrogen-bond acceptors (Lipinski definition) is 4. The highest BCUT2D eigenvalue weighted by Crippen LogP contribution is 2.17. The Kier molecular flexibility index (Phi) is 3.77. The number of aromatic nitrogens is 3. The van der Waals surface area contributed by atoms with Gasteiger partial charge in [0.25, 0.3) is 0 Å². The minimum absolute atomic E-state index is 0.0879. The second kappa shape index (κ2) is 6.04. The molecule has 3 rings (SSSR count). The monoisotopic (exact) mass is 282 g/mol. The van der Waals surface area contributed by atoms with Crippen molar-refractivity contribution in [3.63, 3.8) is 0 Å². The van der Waals surface area contributed by atoms with E-state index < -0.39 is 0 Å². The van der Waals surface area contributed by atoms with Crippen LogP contribution in [0.25, 0.3) is 11.5 Å². The molecule has 0 aliphatic heterocycles. The Hall–Kier alpha value is -2.89. The number of rotatable bonds is 5. The van der Waals surface area contributed by atoms with Crippen molar-refractivity contribution in [1.82, 2.24) is 20.1 Å².